The van der Waals surface area contributed by atoms with Crippen LogP contribution in [0.4, 0.5) is 5.82 Å². The summed E-state index contributed by atoms with van der Waals surface area (Å²) < 4.78 is 0.626. The number of aromatic amines is 1. The fourth-order valence-electron chi connectivity index (χ4n) is 1.94. The van der Waals surface area contributed by atoms with Crippen molar-refractivity contribution >= 4 is 11.8 Å². The summed E-state index contributed by atoms with van der Waals surface area (Å²) in [5.41, 5.74) is -0.426. The molecule has 0 saturated carbocycles. The van der Waals surface area contributed by atoms with Gasteiger partial charge >= 0.3 is 11.7 Å². The van der Waals surface area contributed by atoms with Gasteiger partial charge in [0.25, 0.3) is 5.56 Å². The van der Waals surface area contributed by atoms with Crippen LogP contribution in [0.3, 0.4) is 0 Å². The lowest BCUT2D eigenvalue weighted by atomic mass is 10.1. The molecule has 2 aromatic rings. The number of carboxylic acid groups (broad SMARTS) is 1. The number of aromatic nitrogens is 2. The highest BCUT2D eigenvalue weighted by molar-refractivity contribution is 5.66. The van der Waals surface area contributed by atoms with Crippen molar-refractivity contribution in [3.63, 3.8) is 0 Å². The van der Waals surface area contributed by atoms with E-state index in [0.717, 1.165) is 5.56 Å². The molecule has 3 N–H and O–H groups in total. The van der Waals surface area contributed by atoms with Gasteiger partial charge in [-0.1, -0.05) is 30.3 Å². The van der Waals surface area contributed by atoms with E-state index >= 15 is 0 Å². The molecule has 7 nitrogen and oxygen atoms in total. The van der Waals surface area contributed by atoms with Gasteiger partial charge in [-0.05, 0) is 12.5 Å². The molecule has 0 radical (unpaired) electrons. The predicted molar refractivity (Wildman–Crippen MR) is 77.4 cm³/mol. The molecule has 21 heavy (non-hydrogen) atoms. The molecular weight excluding hydrogens is 274 g/mol. The van der Waals surface area contributed by atoms with E-state index in [2.05, 4.69) is 10.3 Å². The number of nitrogens with zero attached hydrogens (tertiary/aromatic N) is 1. The maximum absolute atomic E-state index is 11.8. The molecule has 0 aliphatic carbocycles. The largest absolute Gasteiger partial charge is 0.480 e. The van der Waals surface area contributed by atoms with Crippen LogP contribution in [0.2, 0.25) is 0 Å². The van der Waals surface area contributed by atoms with Crippen LogP contribution < -0.4 is 16.6 Å². The average molecular weight is 289 g/mol. The normalized spacial score (nSPS) is 11.9. The fourth-order valence-corrected chi connectivity index (χ4v) is 1.94. The molecule has 2 rings (SSSR count). The van der Waals surface area contributed by atoms with Gasteiger partial charge in [-0.2, -0.15) is 0 Å². The number of anilines is 1. The molecule has 1 aromatic heterocycles. The molecule has 7 heteroatoms. The molecule has 0 bridgehead atoms. The standard InChI is InChI=1S/C14H15N3O4/c1-9(10-5-3-2-4-6-10)15-11-7-12(18)17(8-13(19)20)14(21)16-11/h2-7,9,15H,8H2,1H3,(H,16,21)(H,19,20)/t9-/m0/s1. The molecule has 1 atom stereocenters. The highest BCUT2D eigenvalue weighted by Gasteiger charge is 2.10. The Morgan fingerprint density at radius 2 is 2.00 bits per heavy atom. The van der Waals surface area contributed by atoms with Gasteiger partial charge in [0.1, 0.15) is 12.4 Å². The van der Waals surface area contributed by atoms with Crippen LogP contribution in [-0.2, 0) is 11.3 Å². The van der Waals surface area contributed by atoms with Gasteiger partial charge in [0.15, 0.2) is 0 Å². The van der Waals surface area contributed by atoms with E-state index in [-0.39, 0.29) is 11.9 Å². The van der Waals surface area contributed by atoms with E-state index in [0.29, 0.717) is 4.57 Å². The lowest BCUT2D eigenvalue weighted by molar-refractivity contribution is -0.137. The number of carboxylic acids is 1. The van der Waals surface area contributed by atoms with Gasteiger partial charge < -0.3 is 10.4 Å². The van der Waals surface area contributed by atoms with E-state index < -0.39 is 23.8 Å². The Morgan fingerprint density at radius 1 is 1.33 bits per heavy atom. The molecular formula is C14H15N3O4. The van der Waals surface area contributed by atoms with Crippen molar-refractivity contribution in [2.24, 2.45) is 0 Å². The van der Waals surface area contributed by atoms with E-state index in [1.165, 1.54) is 6.07 Å². The second-order valence-corrected chi connectivity index (χ2v) is 4.58. The maximum atomic E-state index is 11.8. The van der Waals surface area contributed by atoms with Crippen molar-refractivity contribution in [2.45, 2.75) is 19.5 Å². The van der Waals surface area contributed by atoms with Crippen LogP contribution in [0.1, 0.15) is 18.5 Å². The Hall–Kier alpha value is -2.83. The lowest BCUT2D eigenvalue weighted by Crippen LogP contribution is -2.37. The highest BCUT2D eigenvalue weighted by atomic mass is 16.4. The first kappa shape index (κ1) is 14.6. The zero-order valence-electron chi connectivity index (χ0n) is 11.4. The highest BCUT2D eigenvalue weighted by Crippen LogP contribution is 2.15. The SMILES string of the molecule is C[C@H](Nc1cc(=O)n(CC(=O)O)c(=O)[nH]1)c1ccccc1. The number of nitrogens with one attached hydrogen (secondary N) is 2. The smallest absolute Gasteiger partial charge is 0.330 e. The number of hydrogen-bond donors (Lipinski definition) is 3. The summed E-state index contributed by atoms with van der Waals surface area (Å²) >= 11 is 0. The van der Waals surface area contributed by atoms with Crippen molar-refractivity contribution in [1.29, 1.82) is 0 Å². The van der Waals surface area contributed by atoms with Crippen LogP contribution in [0.5, 0.6) is 0 Å². The van der Waals surface area contributed by atoms with Gasteiger partial charge in [0.05, 0.1) is 0 Å². The Bertz CT molecular complexity index is 718. The quantitative estimate of drug-likeness (QED) is 0.755. The Balaban J connectivity index is 2.24. The third-order valence-corrected chi connectivity index (χ3v) is 2.99. The molecule has 0 aliphatic heterocycles. The molecule has 0 saturated heterocycles. The summed E-state index contributed by atoms with van der Waals surface area (Å²) in [6, 6.07) is 10.6. The van der Waals surface area contributed by atoms with Gasteiger partial charge in [-0.3, -0.25) is 14.6 Å². The van der Waals surface area contributed by atoms with Gasteiger partial charge in [-0.25, -0.2) is 9.36 Å². The zero-order chi connectivity index (χ0) is 15.4. The fraction of sp³-hybridized carbons (Fsp3) is 0.214. The molecule has 0 amide bonds. The van der Waals surface area contributed by atoms with Crippen molar-refractivity contribution < 1.29 is 9.90 Å². The third-order valence-electron chi connectivity index (χ3n) is 2.99. The Kier molecular flexibility index (Phi) is 4.22. The maximum Gasteiger partial charge on any atom is 0.330 e. The molecule has 0 fully saturated rings. The minimum Gasteiger partial charge on any atom is -0.480 e. The molecule has 0 aliphatic rings. The van der Waals surface area contributed by atoms with Crippen molar-refractivity contribution in [3.05, 3.63) is 62.8 Å². The van der Waals surface area contributed by atoms with Crippen LogP contribution in [0, 0.1) is 0 Å². The van der Waals surface area contributed by atoms with Gasteiger partial charge in [-0.15, -0.1) is 0 Å². The van der Waals surface area contributed by atoms with Crippen LogP contribution in [-0.4, -0.2) is 20.6 Å². The predicted octanol–water partition coefficient (Wildman–Crippen LogP) is 0.794. The van der Waals surface area contributed by atoms with Crippen molar-refractivity contribution in [2.75, 3.05) is 5.32 Å². The summed E-state index contributed by atoms with van der Waals surface area (Å²) in [5, 5.41) is 11.7. The van der Waals surface area contributed by atoms with E-state index in [9.17, 15) is 14.4 Å². The van der Waals surface area contributed by atoms with E-state index in [4.69, 9.17) is 5.11 Å². The van der Waals surface area contributed by atoms with Crippen LogP contribution in [0.15, 0.2) is 46.0 Å². The minimum atomic E-state index is -1.25. The zero-order valence-corrected chi connectivity index (χ0v) is 11.4. The van der Waals surface area contributed by atoms with Crippen LogP contribution >= 0.6 is 0 Å². The summed E-state index contributed by atoms with van der Waals surface area (Å²) in [6.45, 7) is 1.22. The monoisotopic (exact) mass is 289 g/mol. The molecule has 0 spiro atoms. The summed E-state index contributed by atoms with van der Waals surface area (Å²) in [6.07, 6.45) is 0. The summed E-state index contributed by atoms with van der Waals surface area (Å²) in [5.74, 6) is -0.996. The molecule has 0 unspecified atom stereocenters. The number of rotatable bonds is 5. The second-order valence-electron chi connectivity index (χ2n) is 4.58. The first-order valence-electron chi connectivity index (χ1n) is 6.35. The molecule has 1 heterocycles. The number of H-pyrrole nitrogens is 1. The first-order chi connectivity index (χ1) is 9.97. The average Bonchev–Trinajstić information content (AvgIpc) is 2.43. The summed E-state index contributed by atoms with van der Waals surface area (Å²) in [4.78, 5) is 36.5. The van der Waals surface area contributed by atoms with Crippen molar-refractivity contribution in [3.8, 4) is 0 Å². The van der Waals surface area contributed by atoms with E-state index in [1.807, 2.05) is 37.3 Å². The lowest BCUT2D eigenvalue weighted by Gasteiger charge is -2.15. The topological polar surface area (TPSA) is 104 Å². The van der Waals surface area contributed by atoms with Crippen LogP contribution in [0.25, 0.3) is 0 Å². The van der Waals surface area contributed by atoms with Gasteiger partial charge in [0.2, 0.25) is 0 Å². The summed E-state index contributed by atoms with van der Waals surface area (Å²) in [7, 11) is 0. The Morgan fingerprint density at radius 3 is 2.57 bits per heavy atom. The number of aliphatic carboxylic acids is 1. The Labute approximate surface area is 119 Å². The van der Waals surface area contributed by atoms with Gasteiger partial charge in [0, 0.05) is 12.1 Å². The molecule has 1 aromatic carbocycles. The third kappa shape index (κ3) is 3.59. The van der Waals surface area contributed by atoms with E-state index in [1.54, 1.807) is 0 Å². The van der Waals surface area contributed by atoms with Crippen molar-refractivity contribution in [1.82, 2.24) is 9.55 Å². The minimum absolute atomic E-state index is 0.114. The number of benzene rings is 1. The molecule has 110 valence electrons. The number of carbonyl (C=O) groups is 1. The number of hydrogen-bond acceptors (Lipinski definition) is 4. The second kappa shape index (κ2) is 6.08. The first-order valence-corrected chi connectivity index (χ1v) is 6.35.